The lowest BCUT2D eigenvalue weighted by Gasteiger charge is -2.12. The maximum absolute atomic E-state index is 12.3. The molecule has 0 heterocycles. The van der Waals surface area contributed by atoms with Crippen LogP contribution in [0.25, 0.3) is 0 Å². The fourth-order valence-corrected chi connectivity index (χ4v) is 4.43. The molecule has 0 saturated heterocycles. The van der Waals surface area contributed by atoms with Gasteiger partial charge in [-0.25, -0.2) is 0 Å². The van der Waals surface area contributed by atoms with E-state index in [1.807, 2.05) is 37.3 Å². The first-order valence-electron chi connectivity index (χ1n) is 9.87. The summed E-state index contributed by atoms with van der Waals surface area (Å²) in [5.74, 6) is 0.325. The predicted octanol–water partition coefficient (Wildman–Crippen LogP) is 4.98. The molecule has 0 aliphatic carbocycles. The van der Waals surface area contributed by atoms with E-state index >= 15 is 0 Å². The lowest BCUT2D eigenvalue weighted by molar-refractivity contribution is -0.123. The molecule has 2 amide bonds. The Hall–Kier alpha value is -2.84. The summed E-state index contributed by atoms with van der Waals surface area (Å²) in [4.78, 5) is 24.3. The molecular formula is C24H22Br2N2O4. The van der Waals surface area contributed by atoms with Crippen molar-refractivity contribution in [2.24, 2.45) is 0 Å². The molecule has 0 saturated carbocycles. The number of hydrazine groups is 1. The highest BCUT2D eigenvalue weighted by molar-refractivity contribution is 9.11. The minimum atomic E-state index is -0.478. The van der Waals surface area contributed by atoms with Gasteiger partial charge in [0.1, 0.15) is 11.5 Å². The van der Waals surface area contributed by atoms with Gasteiger partial charge in [-0.2, -0.15) is 0 Å². The normalized spacial score (nSPS) is 10.3. The van der Waals surface area contributed by atoms with Crippen LogP contribution in [0.2, 0.25) is 0 Å². The number of aryl methyl sites for hydroxylation is 1. The van der Waals surface area contributed by atoms with Gasteiger partial charge < -0.3 is 9.47 Å². The van der Waals surface area contributed by atoms with Gasteiger partial charge in [-0.05, 0) is 70.4 Å². The topological polar surface area (TPSA) is 76.7 Å². The van der Waals surface area contributed by atoms with E-state index in [-0.39, 0.29) is 6.61 Å². The average molecular weight is 562 g/mol. The molecule has 0 aliphatic heterocycles. The summed E-state index contributed by atoms with van der Waals surface area (Å²) >= 11 is 6.80. The summed E-state index contributed by atoms with van der Waals surface area (Å²) in [6.45, 7) is 2.18. The highest BCUT2D eigenvalue weighted by atomic mass is 79.9. The smallest absolute Gasteiger partial charge is 0.276 e. The van der Waals surface area contributed by atoms with Crippen LogP contribution in [-0.4, -0.2) is 25.0 Å². The summed E-state index contributed by atoms with van der Waals surface area (Å²) in [5.41, 5.74) is 7.19. The average Bonchev–Trinajstić information content (AvgIpc) is 2.78. The molecule has 3 aromatic rings. The molecule has 0 aliphatic rings. The van der Waals surface area contributed by atoms with Crippen molar-refractivity contribution in [2.45, 2.75) is 13.3 Å². The van der Waals surface area contributed by atoms with E-state index in [1.165, 1.54) is 5.56 Å². The van der Waals surface area contributed by atoms with Crippen molar-refractivity contribution in [3.63, 3.8) is 0 Å². The number of carbonyl (C=O) groups is 2. The molecule has 2 N–H and O–H groups in total. The monoisotopic (exact) mass is 560 g/mol. The van der Waals surface area contributed by atoms with E-state index in [2.05, 4.69) is 54.8 Å². The van der Waals surface area contributed by atoms with E-state index in [9.17, 15) is 9.59 Å². The first-order valence-corrected chi connectivity index (χ1v) is 11.5. The number of benzene rings is 3. The zero-order valence-corrected chi connectivity index (χ0v) is 20.5. The Bertz CT molecular complexity index is 1050. The fraction of sp³-hybridized carbons (Fsp3) is 0.167. The van der Waals surface area contributed by atoms with Gasteiger partial charge in [0.2, 0.25) is 0 Å². The van der Waals surface area contributed by atoms with Gasteiger partial charge in [-0.1, -0.05) is 46.3 Å². The highest BCUT2D eigenvalue weighted by Crippen LogP contribution is 2.32. The van der Waals surface area contributed by atoms with Crippen molar-refractivity contribution < 1.29 is 19.1 Å². The van der Waals surface area contributed by atoms with Crippen molar-refractivity contribution in [3.8, 4) is 11.5 Å². The van der Waals surface area contributed by atoms with Crippen molar-refractivity contribution >= 4 is 43.7 Å². The Balaban J connectivity index is 1.42. The van der Waals surface area contributed by atoms with E-state index in [0.717, 1.165) is 20.9 Å². The van der Waals surface area contributed by atoms with Gasteiger partial charge in [0.15, 0.2) is 6.61 Å². The summed E-state index contributed by atoms with van der Waals surface area (Å²) in [5, 5.41) is 0. The fourth-order valence-electron chi connectivity index (χ4n) is 2.88. The molecule has 166 valence electrons. The Morgan fingerprint density at radius 1 is 0.906 bits per heavy atom. The Morgan fingerprint density at radius 2 is 1.62 bits per heavy atom. The largest absolute Gasteiger partial charge is 0.493 e. The van der Waals surface area contributed by atoms with E-state index < -0.39 is 11.8 Å². The zero-order chi connectivity index (χ0) is 22.9. The molecule has 3 rings (SSSR count). The third kappa shape index (κ3) is 7.10. The standard InChI is InChI=1S/C24H22Br2N2O4/c1-16-13-19(25)14-21(26)23(16)32-15-22(29)27-28-24(30)18-7-9-20(10-8-18)31-12-11-17-5-3-2-4-6-17/h2-10,13-14H,11-12,15H2,1H3,(H,27,29)(H,28,30). The lowest BCUT2D eigenvalue weighted by Crippen LogP contribution is -2.43. The van der Waals surface area contributed by atoms with Gasteiger partial charge in [-0.15, -0.1) is 0 Å². The lowest BCUT2D eigenvalue weighted by atomic mass is 10.2. The molecule has 0 unspecified atom stereocenters. The number of hydrogen-bond acceptors (Lipinski definition) is 4. The Labute approximate surface area is 203 Å². The predicted molar refractivity (Wildman–Crippen MR) is 130 cm³/mol. The van der Waals surface area contributed by atoms with Crippen LogP contribution in [0, 0.1) is 6.92 Å². The molecule has 0 bridgehead atoms. The van der Waals surface area contributed by atoms with Crippen molar-refractivity contribution in [2.75, 3.05) is 13.2 Å². The number of halogens is 2. The van der Waals surface area contributed by atoms with Crippen LogP contribution in [0.4, 0.5) is 0 Å². The number of amides is 2. The molecule has 0 fully saturated rings. The summed E-state index contributed by atoms with van der Waals surface area (Å²) in [6, 6.07) is 20.5. The molecular weight excluding hydrogens is 540 g/mol. The van der Waals surface area contributed by atoms with Crippen molar-refractivity contribution in [3.05, 3.63) is 92.4 Å². The van der Waals surface area contributed by atoms with Crippen LogP contribution in [0.3, 0.4) is 0 Å². The maximum Gasteiger partial charge on any atom is 0.276 e. The molecule has 6 nitrogen and oxygen atoms in total. The molecule has 0 radical (unpaired) electrons. The van der Waals surface area contributed by atoms with E-state index in [4.69, 9.17) is 9.47 Å². The Morgan fingerprint density at radius 3 is 2.31 bits per heavy atom. The third-order valence-electron chi connectivity index (χ3n) is 4.48. The number of ether oxygens (including phenoxy) is 2. The third-order valence-corrected chi connectivity index (χ3v) is 5.52. The Kier molecular flexibility index (Phi) is 8.70. The van der Waals surface area contributed by atoms with Gasteiger partial charge in [0.25, 0.3) is 11.8 Å². The second-order valence-corrected chi connectivity index (χ2v) is 8.70. The van der Waals surface area contributed by atoms with E-state index in [0.29, 0.717) is 23.7 Å². The van der Waals surface area contributed by atoms with Crippen LogP contribution >= 0.6 is 31.9 Å². The number of nitrogens with one attached hydrogen (secondary N) is 2. The second-order valence-electron chi connectivity index (χ2n) is 6.93. The van der Waals surface area contributed by atoms with Crippen LogP contribution in [0.1, 0.15) is 21.5 Å². The molecule has 0 aromatic heterocycles. The first-order chi connectivity index (χ1) is 15.4. The molecule has 0 spiro atoms. The summed E-state index contributed by atoms with van der Waals surface area (Å²) in [7, 11) is 0. The summed E-state index contributed by atoms with van der Waals surface area (Å²) in [6.07, 6.45) is 0.799. The zero-order valence-electron chi connectivity index (χ0n) is 17.4. The minimum Gasteiger partial charge on any atom is -0.493 e. The first kappa shape index (κ1) is 23.8. The van der Waals surface area contributed by atoms with Crippen molar-refractivity contribution in [1.82, 2.24) is 10.9 Å². The van der Waals surface area contributed by atoms with E-state index in [1.54, 1.807) is 24.3 Å². The number of hydrogen-bond donors (Lipinski definition) is 2. The van der Waals surface area contributed by atoms with Crippen LogP contribution < -0.4 is 20.3 Å². The molecule has 3 aromatic carbocycles. The second kappa shape index (κ2) is 11.7. The summed E-state index contributed by atoms with van der Waals surface area (Å²) < 4.78 is 12.9. The minimum absolute atomic E-state index is 0.241. The van der Waals surface area contributed by atoms with Gasteiger partial charge in [-0.3, -0.25) is 20.4 Å². The highest BCUT2D eigenvalue weighted by Gasteiger charge is 2.11. The maximum atomic E-state index is 12.3. The number of carbonyl (C=O) groups excluding carboxylic acids is 2. The quantitative estimate of drug-likeness (QED) is 0.380. The van der Waals surface area contributed by atoms with Gasteiger partial charge in [0.05, 0.1) is 11.1 Å². The van der Waals surface area contributed by atoms with Crippen LogP contribution in [-0.2, 0) is 11.2 Å². The SMILES string of the molecule is Cc1cc(Br)cc(Br)c1OCC(=O)NNC(=O)c1ccc(OCCc2ccccc2)cc1. The molecule has 32 heavy (non-hydrogen) atoms. The van der Waals surface area contributed by atoms with Crippen LogP contribution in [0.5, 0.6) is 11.5 Å². The van der Waals surface area contributed by atoms with Crippen molar-refractivity contribution in [1.29, 1.82) is 0 Å². The molecule has 0 atom stereocenters. The van der Waals surface area contributed by atoms with Gasteiger partial charge in [0, 0.05) is 16.5 Å². The van der Waals surface area contributed by atoms with Gasteiger partial charge >= 0.3 is 0 Å². The van der Waals surface area contributed by atoms with Crippen LogP contribution in [0.15, 0.2) is 75.7 Å². The molecule has 8 heteroatoms. The number of rotatable bonds is 8.